The van der Waals surface area contributed by atoms with E-state index in [1.807, 2.05) is 24.5 Å². The smallest absolute Gasteiger partial charge is 0.121 e. The van der Waals surface area contributed by atoms with E-state index in [2.05, 4.69) is 28.7 Å². The molecule has 0 bridgehead atoms. The lowest BCUT2D eigenvalue weighted by Gasteiger charge is -2.16. The van der Waals surface area contributed by atoms with Crippen LogP contribution in [-0.4, -0.2) is 16.1 Å². The Hall–Kier alpha value is -1.55. The van der Waals surface area contributed by atoms with Gasteiger partial charge in [0, 0.05) is 25.4 Å². The van der Waals surface area contributed by atoms with Gasteiger partial charge in [-0.25, -0.2) is 4.98 Å². The lowest BCUT2D eigenvalue weighted by Crippen LogP contribution is -2.25. The van der Waals surface area contributed by atoms with Crippen LogP contribution in [0.4, 0.5) is 0 Å². The molecule has 1 N–H and O–H groups in total. The molecule has 0 aliphatic carbocycles. The predicted molar refractivity (Wildman–Crippen MR) is 71.3 cm³/mol. The lowest BCUT2D eigenvalue weighted by atomic mass is 10.1. The van der Waals surface area contributed by atoms with Crippen LogP contribution in [0, 0.1) is 0 Å². The van der Waals surface area contributed by atoms with Crippen molar-refractivity contribution in [1.82, 2.24) is 14.9 Å². The first kappa shape index (κ1) is 12.9. The van der Waals surface area contributed by atoms with Crippen LogP contribution in [0.15, 0.2) is 35.2 Å². The maximum absolute atomic E-state index is 5.52. The third kappa shape index (κ3) is 3.01. The van der Waals surface area contributed by atoms with Crippen molar-refractivity contribution in [1.29, 1.82) is 0 Å². The number of nitrogens with zero attached hydrogens (tertiary/aromatic N) is 2. The van der Waals surface area contributed by atoms with Gasteiger partial charge in [-0.3, -0.25) is 0 Å². The van der Waals surface area contributed by atoms with E-state index in [0.29, 0.717) is 0 Å². The molecule has 0 radical (unpaired) electrons. The molecule has 98 valence electrons. The summed E-state index contributed by atoms with van der Waals surface area (Å²) in [6, 6.07) is 4.15. The number of nitrogens with one attached hydrogen (secondary N) is 1. The molecule has 4 heteroatoms. The quantitative estimate of drug-likeness (QED) is 0.818. The van der Waals surface area contributed by atoms with E-state index in [0.717, 1.165) is 37.5 Å². The van der Waals surface area contributed by atoms with Crippen LogP contribution in [0.5, 0.6) is 0 Å². The van der Waals surface area contributed by atoms with Crippen LogP contribution in [-0.2, 0) is 13.0 Å². The van der Waals surface area contributed by atoms with Crippen LogP contribution >= 0.6 is 0 Å². The highest BCUT2D eigenvalue weighted by molar-refractivity contribution is 5.08. The Morgan fingerprint density at radius 2 is 2.33 bits per heavy atom. The number of rotatable bonds is 7. The topological polar surface area (TPSA) is 43.0 Å². The Balaban J connectivity index is 2.10. The van der Waals surface area contributed by atoms with Gasteiger partial charge in [0.25, 0.3) is 0 Å². The summed E-state index contributed by atoms with van der Waals surface area (Å²) in [5.41, 5.74) is 0. The summed E-state index contributed by atoms with van der Waals surface area (Å²) in [6.45, 7) is 6.23. The number of imidazole rings is 1. The molecule has 1 unspecified atom stereocenters. The maximum Gasteiger partial charge on any atom is 0.121 e. The van der Waals surface area contributed by atoms with Gasteiger partial charge in [-0.2, -0.15) is 0 Å². The standard InChI is InChI=1S/C14H21N3O/c1-3-7-15-12(13-6-5-10-18-13)11-14-16-8-9-17(14)4-2/h5-6,8-10,12,15H,3-4,7,11H2,1-2H3. The van der Waals surface area contributed by atoms with Crippen LogP contribution in [0.3, 0.4) is 0 Å². The van der Waals surface area contributed by atoms with E-state index in [1.165, 1.54) is 0 Å². The Morgan fingerprint density at radius 1 is 1.44 bits per heavy atom. The first-order valence-corrected chi connectivity index (χ1v) is 6.62. The number of hydrogen-bond donors (Lipinski definition) is 1. The Labute approximate surface area is 108 Å². The van der Waals surface area contributed by atoms with Gasteiger partial charge in [0.05, 0.1) is 12.3 Å². The minimum atomic E-state index is 0.202. The van der Waals surface area contributed by atoms with Crippen LogP contribution in [0.2, 0.25) is 0 Å². The molecule has 2 aromatic rings. The van der Waals surface area contributed by atoms with Gasteiger partial charge in [0.15, 0.2) is 0 Å². The van der Waals surface area contributed by atoms with Gasteiger partial charge >= 0.3 is 0 Å². The highest BCUT2D eigenvalue weighted by atomic mass is 16.3. The molecule has 4 nitrogen and oxygen atoms in total. The second-order valence-electron chi connectivity index (χ2n) is 4.36. The zero-order valence-electron chi connectivity index (χ0n) is 11.1. The third-order valence-corrected chi connectivity index (χ3v) is 3.06. The molecule has 0 saturated carbocycles. The number of aryl methyl sites for hydroxylation is 1. The fourth-order valence-electron chi connectivity index (χ4n) is 2.08. The predicted octanol–water partition coefficient (Wildman–Crippen LogP) is 2.78. The maximum atomic E-state index is 5.52. The first-order chi connectivity index (χ1) is 8.85. The molecular formula is C14H21N3O. The summed E-state index contributed by atoms with van der Waals surface area (Å²) in [5.74, 6) is 2.08. The fourth-order valence-corrected chi connectivity index (χ4v) is 2.08. The van der Waals surface area contributed by atoms with Gasteiger partial charge < -0.3 is 14.3 Å². The highest BCUT2D eigenvalue weighted by Gasteiger charge is 2.16. The monoisotopic (exact) mass is 247 g/mol. The fraction of sp³-hybridized carbons (Fsp3) is 0.500. The first-order valence-electron chi connectivity index (χ1n) is 6.62. The molecule has 1 atom stereocenters. The number of furan rings is 1. The zero-order valence-corrected chi connectivity index (χ0v) is 11.1. The van der Waals surface area contributed by atoms with Crippen LogP contribution < -0.4 is 5.32 Å². The summed E-state index contributed by atoms with van der Waals surface area (Å²) >= 11 is 0. The molecule has 0 aliphatic rings. The minimum Gasteiger partial charge on any atom is -0.468 e. The summed E-state index contributed by atoms with van der Waals surface area (Å²) in [5, 5.41) is 3.51. The minimum absolute atomic E-state index is 0.202. The molecule has 2 aromatic heterocycles. The van der Waals surface area contributed by atoms with Crippen molar-refractivity contribution in [2.24, 2.45) is 0 Å². The van der Waals surface area contributed by atoms with E-state index in [-0.39, 0.29) is 6.04 Å². The molecule has 0 aromatic carbocycles. The van der Waals surface area contributed by atoms with Gasteiger partial charge in [0.2, 0.25) is 0 Å². The average Bonchev–Trinajstić information content (AvgIpc) is 3.04. The van der Waals surface area contributed by atoms with Crippen molar-refractivity contribution in [2.75, 3.05) is 6.54 Å². The largest absolute Gasteiger partial charge is 0.468 e. The van der Waals surface area contributed by atoms with Crippen molar-refractivity contribution in [2.45, 2.75) is 39.3 Å². The van der Waals surface area contributed by atoms with E-state index in [4.69, 9.17) is 4.42 Å². The van der Waals surface area contributed by atoms with Gasteiger partial charge in [-0.1, -0.05) is 6.92 Å². The Morgan fingerprint density at radius 3 is 3.00 bits per heavy atom. The van der Waals surface area contributed by atoms with Crippen LogP contribution in [0.1, 0.15) is 37.9 Å². The zero-order chi connectivity index (χ0) is 12.8. The Kier molecular flexibility index (Phi) is 4.59. The molecular weight excluding hydrogens is 226 g/mol. The Bertz CT molecular complexity index is 447. The van der Waals surface area contributed by atoms with Crippen molar-refractivity contribution in [3.63, 3.8) is 0 Å². The van der Waals surface area contributed by atoms with Gasteiger partial charge in [0.1, 0.15) is 11.6 Å². The normalized spacial score (nSPS) is 12.8. The lowest BCUT2D eigenvalue weighted by molar-refractivity contribution is 0.402. The van der Waals surface area contributed by atoms with Crippen molar-refractivity contribution < 1.29 is 4.42 Å². The molecule has 18 heavy (non-hydrogen) atoms. The molecule has 2 rings (SSSR count). The summed E-state index contributed by atoms with van der Waals surface area (Å²) in [4.78, 5) is 4.43. The molecule has 0 aliphatic heterocycles. The number of hydrogen-bond acceptors (Lipinski definition) is 3. The summed E-state index contributed by atoms with van der Waals surface area (Å²) in [6.07, 6.45) is 7.57. The van der Waals surface area contributed by atoms with Crippen molar-refractivity contribution in [3.05, 3.63) is 42.4 Å². The molecule has 0 fully saturated rings. The molecule has 0 spiro atoms. The van der Waals surface area contributed by atoms with Crippen molar-refractivity contribution >= 4 is 0 Å². The molecule has 0 amide bonds. The SMILES string of the molecule is CCCNC(Cc1nccn1CC)c1ccco1. The molecule has 0 saturated heterocycles. The number of aromatic nitrogens is 2. The van der Waals surface area contributed by atoms with E-state index < -0.39 is 0 Å². The van der Waals surface area contributed by atoms with Crippen molar-refractivity contribution in [3.8, 4) is 0 Å². The van der Waals surface area contributed by atoms with E-state index in [1.54, 1.807) is 6.26 Å². The second-order valence-corrected chi connectivity index (χ2v) is 4.36. The van der Waals surface area contributed by atoms with E-state index in [9.17, 15) is 0 Å². The summed E-state index contributed by atoms with van der Waals surface area (Å²) in [7, 11) is 0. The van der Waals surface area contributed by atoms with E-state index >= 15 is 0 Å². The third-order valence-electron chi connectivity index (χ3n) is 3.06. The average molecular weight is 247 g/mol. The molecule has 2 heterocycles. The second kappa shape index (κ2) is 6.40. The van der Waals surface area contributed by atoms with Gasteiger partial charge in [-0.15, -0.1) is 0 Å². The van der Waals surface area contributed by atoms with Gasteiger partial charge in [-0.05, 0) is 32.0 Å². The summed E-state index contributed by atoms with van der Waals surface area (Å²) < 4.78 is 7.69. The highest BCUT2D eigenvalue weighted by Crippen LogP contribution is 2.18. The van der Waals surface area contributed by atoms with Crippen LogP contribution in [0.25, 0.3) is 0 Å².